The topological polar surface area (TPSA) is 55.1 Å². The van der Waals surface area contributed by atoms with Crippen molar-refractivity contribution >= 4 is 17.7 Å². The standard InChI is InChI=1S/C16H32N2OS/c1-16(2,3)13(9-10-17)7-8-15(19)18-12-14-6-4-5-11-20-14/h13-14H,4-12,17H2,1-3H3,(H,18,19). The van der Waals surface area contributed by atoms with Crippen molar-refractivity contribution in [3.8, 4) is 0 Å². The molecule has 1 saturated heterocycles. The van der Waals surface area contributed by atoms with Gasteiger partial charge in [0.25, 0.3) is 0 Å². The smallest absolute Gasteiger partial charge is 0.220 e. The van der Waals surface area contributed by atoms with Crippen molar-refractivity contribution in [1.82, 2.24) is 5.32 Å². The van der Waals surface area contributed by atoms with Crippen LogP contribution in [-0.2, 0) is 4.79 Å². The second-order valence-electron chi connectivity index (χ2n) is 6.97. The molecule has 0 saturated carbocycles. The number of amides is 1. The maximum absolute atomic E-state index is 12.0. The van der Waals surface area contributed by atoms with Crippen molar-refractivity contribution in [3.05, 3.63) is 0 Å². The Morgan fingerprint density at radius 1 is 1.35 bits per heavy atom. The minimum atomic E-state index is 0.211. The van der Waals surface area contributed by atoms with Crippen molar-refractivity contribution in [2.75, 3.05) is 18.8 Å². The van der Waals surface area contributed by atoms with E-state index >= 15 is 0 Å². The number of nitrogens with one attached hydrogen (secondary N) is 1. The lowest BCUT2D eigenvalue weighted by molar-refractivity contribution is -0.121. The Kier molecular flexibility index (Phi) is 7.96. The highest BCUT2D eigenvalue weighted by Gasteiger charge is 2.24. The van der Waals surface area contributed by atoms with Crippen LogP contribution in [0.4, 0.5) is 0 Å². The Labute approximate surface area is 128 Å². The molecule has 1 amide bonds. The molecule has 1 fully saturated rings. The maximum atomic E-state index is 12.0. The van der Waals surface area contributed by atoms with E-state index in [1.165, 1.54) is 25.0 Å². The monoisotopic (exact) mass is 300 g/mol. The third-order valence-corrected chi connectivity index (χ3v) is 5.66. The lowest BCUT2D eigenvalue weighted by Crippen LogP contribution is -2.33. The highest BCUT2D eigenvalue weighted by atomic mass is 32.2. The van der Waals surface area contributed by atoms with Crippen molar-refractivity contribution in [3.63, 3.8) is 0 Å². The summed E-state index contributed by atoms with van der Waals surface area (Å²) in [6, 6.07) is 0. The summed E-state index contributed by atoms with van der Waals surface area (Å²) >= 11 is 2.01. The molecule has 118 valence electrons. The molecule has 1 rings (SSSR count). The fourth-order valence-electron chi connectivity index (χ4n) is 2.80. The largest absolute Gasteiger partial charge is 0.355 e. The van der Waals surface area contributed by atoms with Crippen molar-refractivity contribution in [2.45, 2.75) is 64.5 Å². The van der Waals surface area contributed by atoms with E-state index in [1.807, 2.05) is 11.8 Å². The van der Waals surface area contributed by atoms with Gasteiger partial charge in [0.2, 0.25) is 5.91 Å². The zero-order valence-electron chi connectivity index (χ0n) is 13.4. The van der Waals surface area contributed by atoms with Gasteiger partial charge in [-0.2, -0.15) is 11.8 Å². The molecule has 0 aliphatic carbocycles. The van der Waals surface area contributed by atoms with Gasteiger partial charge in [-0.3, -0.25) is 4.79 Å². The van der Waals surface area contributed by atoms with Crippen LogP contribution in [0.3, 0.4) is 0 Å². The first-order valence-corrected chi connectivity index (χ1v) is 9.06. The molecule has 0 radical (unpaired) electrons. The zero-order valence-corrected chi connectivity index (χ0v) is 14.2. The molecule has 2 atom stereocenters. The van der Waals surface area contributed by atoms with E-state index in [2.05, 4.69) is 26.1 Å². The molecule has 0 spiro atoms. The van der Waals surface area contributed by atoms with Crippen LogP contribution < -0.4 is 11.1 Å². The molecule has 3 N–H and O–H groups in total. The third-order valence-electron chi connectivity index (χ3n) is 4.26. The van der Waals surface area contributed by atoms with Crippen LogP contribution >= 0.6 is 11.8 Å². The summed E-state index contributed by atoms with van der Waals surface area (Å²) in [5.74, 6) is 1.99. The van der Waals surface area contributed by atoms with Gasteiger partial charge in [0, 0.05) is 18.2 Å². The first-order valence-electron chi connectivity index (χ1n) is 8.02. The van der Waals surface area contributed by atoms with E-state index in [-0.39, 0.29) is 11.3 Å². The first-order chi connectivity index (χ1) is 9.43. The Hall–Kier alpha value is -0.220. The fraction of sp³-hybridized carbons (Fsp3) is 0.938. The SMILES string of the molecule is CC(C)(C)C(CCN)CCC(=O)NCC1CCCCS1. The van der Waals surface area contributed by atoms with Gasteiger partial charge in [-0.15, -0.1) is 0 Å². The van der Waals surface area contributed by atoms with E-state index < -0.39 is 0 Å². The summed E-state index contributed by atoms with van der Waals surface area (Å²) in [4.78, 5) is 12.0. The van der Waals surface area contributed by atoms with Crippen LogP contribution in [-0.4, -0.2) is 30.0 Å². The highest BCUT2D eigenvalue weighted by molar-refractivity contribution is 7.99. The second kappa shape index (κ2) is 8.93. The van der Waals surface area contributed by atoms with E-state index in [9.17, 15) is 4.79 Å². The minimum absolute atomic E-state index is 0.211. The van der Waals surface area contributed by atoms with Gasteiger partial charge < -0.3 is 11.1 Å². The number of hydrogen-bond acceptors (Lipinski definition) is 3. The normalized spacial score (nSPS) is 21.5. The molecule has 0 aromatic carbocycles. The van der Waals surface area contributed by atoms with Crippen molar-refractivity contribution in [2.24, 2.45) is 17.1 Å². The van der Waals surface area contributed by atoms with Gasteiger partial charge in [0.05, 0.1) is 0 Å². The summed E-state index contributed by atoms with van der Waals surface area (Å²) in [6.45, 7) is 8.28. The molecule has 4 heteroatoms. The van der Waals surface area contributed by atoms with Crippen LogP contribution in [0, 0.1) is 11.3 Å². The molecule has 0 aromatic rings. The molecule has 2 unspecified atom stereocenters. The van der Waals surface area contributed by atoms with Gasteiger partial charge in [-0.25, -0.2) is 0 Å². The zero-order chi connectivity index (χ0) is 15.0. The van der Waals surface area contributed by atoms with Crippen LogP contribution in [0.1, 0.15) is 59.3 Å². The van der Waals surface area contributed by atoms with Gasteiger partial charge >= 0.3 is 0 Å². The van der Waals surface area contributed by atoms with E-state index in [0.717, 1.165) is 19.4 Å². The Morgan fingerprint density at radius 2 is 2.10 bits per heavy atom. The van der Waals surface area contributed by atoms with Gasteiger partial charge in [0.15, 0.2) is 0 Å². The van der Waals surface area contributed by atoms with E-state index in [0.29, 0.717) is 24.1 Å². The van der Waals surface area contributed by atoms with Crippen LogP contribution in [0.25, 0.3) is 0 Å². The molecule has 20 heavy (non-hydrogen) atoms. The quantitative estimate of drug-likeness (QED) is 0.759. The van der Waals surface area contributed by atoms with Crippen molar-refractivity contribution in [1.29, 1.82) is 0 Å². The summed E-state index contributed by atoms with van der Waals surface area (Å²) < 4.78 is 0. The average molecular weight is 301 g/mol. The fourth-order valence-corrected chi connectivity index (χ4v) is 4.04. The van der Waals surface area contributed by atoms with Crippen LogP contribution in [0.2, 0.25) is 0 Å². The van der Waals surface area contributed by atoms with Gasteiger partial charge in [0.1, 0.15) is 0 Å². The van der Waals surface area contributed by atoms with Crippen LogP contribution in [0.5, 0.6) is 0 Å². The molecular formula is C16H32N2OS. The molecular weight excluding hydrogens is 268 g/mol. The Balaban J connectivity index is 2.23. The van der Waals surface area contributed by atoms with Gasteiger partial charge in [-0.1, -0.05) is 27.2 Å². The first kappa shape index (κ1) is 17.8. The van der Waals surface area contributed by atoms with Gasteiger partial charge in [-0.05, 0) is 49.3 Å². The third kappa shape index (κ3) is 6.98. The molecule has 0 bridgehead atoms. The predicted molar refractivity (Wildman–Crippen MR) is 89.0 cm³/mol. The second-order valence-corrected chi connectivity index (χ2v) is 8.38. The molecule has 3 nitrogen and oxygen atoms in total. The maximum Gasteiger partial charge on any atom is 0.220 e. The molecule has 1 aliphatic rings. The lowest BCUT2D eigenvalue weighted by Gasteiger charge is -2.30. The lowest BCUT2D eigenvalue weighted by atomic mass is 9.76. The van der Waals surface area contributed by atoms with E-state index in [1.54, 1.807) is 0 Å². The Bertz CT molecular complexity index is 283. The van der Waals surface area contributed by atoms with Crippen molar-refractivity contribution < 1.29 is 4.79 Å². The van der Waals surface area contributed by atoms with Crippen LogP contribution in [0.15, 0.2) is 0 Å². The summed E-state index contributed by atoms with van der Waals surface area (Å²) in [5, 5.41) is 3.74. The molecule has 0 aromatic heterocycles. The molecule has 1 aliphatic heterocycles. The molecule has 1 heterocycles. The summed E-state index contributed by atoms with van der Waals surface area (Å²) in [5.41, 5.74) is 5.92. The number of hydrogen-bond donors (Lipinski definition) is 2. The number of carbonyl (C=O) groups excluding carboxylic acids is 1. The number of carbonyl (C=O) groups is 1. The number of rotatable bonds is 7. The average Bonchev–Trinajstić information content (AvgIpc) is 2.41. The Morgan fingerprint density at radius 3 is 2.65 bits per heavy atom. The highest BCUT2D eigenvalue weighted by Crippen LogP contribution is 2.32. The van der Waals surface area contributed by atoms with E-state index in [4.69, 9.17) is 5.73 Å². The minimum Gasteiger partial charge on any atom is -0.355 e. The summed E-state index contributed by atoms with van der Waals surface area (Å²) in [6.07, 6.45) is 6.50. The number of thioether (sulfide) groups is 1. The summed E-state index contributed by atoms with van der Waals surface area (Å²) in [7, 11) is 0. The predicted octanol–water partition coefficient (Wildman–Crippen LogP) is 3.18. The number of nitrogens with two attached hydrogens (primary N) is 1.